The number of hydrogen-bond donors (Lipinski definition) is 0. The summed E-state index contributed by atoms with van der Waals surface area (Å²) in [6.07, 6.45) is 3.13. The summed E-state index contributed by atoms with van der Waals surface area (Å²) in [6, 6.07) is 5.56. The Morgan fingerprint density at radius 1 is 1.15 bits per heavy atom. The fourth-order valence-electron chi connectivity index (χ4n) is 3.60. The Labute approximate surface area is 201 Å². The zero-order valence-corrected chi connectivity index (χ0v) is 20.3. The Kier molecular flexibility index (Phi) is 6.91. The first-order chi connectivity index (χ1) is 16.2. The highest BCUT2D eigenvalue weighted by Crippen LogP contribution is 2.22. The predicted molar refractivity (Wildman–Crippen MR) is 122 cm³/mol. The van der Waals surface area contributed by atoms with Gasteiger partial charge in [-0.05, 0) is 32.0 Å². The van der Waals surface area contributed by atoms with Gasteiger partial charge in [0, 0.05) is 51.2 Å². The lowest BCUT2D eigenvalue weighted by atomic mass is 10.3. The van der Waals surface area contributed by atoms with Crippen LogP contribution in [0.1, 0.15) is 23.1 Å². The van der Waals surface area contributed by atoms with Crippen LogP contribution in [0.4, 0.5) is 4.39 Å². The van der Waals surface area contributed by atoms with Crippen LogP contribution in [-0.2, 0) is 23.3 Å². The highest BCUT2D eigenvalue weighted by molar-refractivity contribution is 7.89. The summed E-state index contributed by atoms with van der Waals surface area (Å²) in [5.41, 5.74) is 0.674. The summed E-state index contributed by atoms with van der Waals surface area (Å²) in [5.74, 6) is -0.470. The zero-order valence-electron chi connectivity index (χ0n) is 18.7. The predicted octanol–water partition coefficient (Wildman–Crippen LogP) is 2.38. The van der Waals surface area contributed by atoms with E-state index in [4.69, 9.17) is 16.3 Å². The minimum Gasteiger partial charge on any atom is -0.471 e. The topological polar surface area (TPSA) is 103 Å². The van der Waals surface area contributed by atoms with E-state index >= 15 is 0 Å². The van der Waals surface area contributed by atoms with Crippen molar-refractivity contribution in [1.82, 2.24) is 28.8 Å². The molecule has 1 fully saturated rings. The molecule has 0 aliphatic carbocycles. The molecule has 34 heavy (non-hydrogen) atoms. The number of carbonyl (C=O) groups excluding carboxylic acids is 1. The number of ether oxygens (including phenoxy) is 1. The SMILES string of the molecule is CCn1cc(S(=O)(=O)N2CCN(C(=O)c3ccn(COc4ccc(F)c(Cl)c4)n3)CC2)c(C)n1. The molecule has 3 aromatic rings. The van der Waals surface area contributed by atoms with Gasteiger partial charge >= 0.3 is 0 Å². The Morgan fingerprint density at radius 3 is 2.53 bits per heavy atom. The van der Waals surface area contributed by atoms with Crippen LogP contribution in [-0.4, -0.2) is 69.3 Å². The summed E-state index contributed by atoms with van der Waals surface area (Å²) < 4.78 is 49.2. The number of piperazine rings is 1. The van der Waals surface area contributed by atoms with Crippen molar-refractivity contribution in [2.24, 2.45) is 0 Å². The number of aromatic nitrogens is 4. The number of carbonyl (C=O) groups is 1. The van der Waals surface area contributed by atoms with Crippen LogP contribution >= 0.6 is 11.6 Å². The smallest absolute Gasteiger partial charge is 0.274 e. The van der Waals surface area contributed by atoms with Gasteiger partial charge in [0.05, 0.1) is 10.7 Å². The number of aryl methyl sites for hydroxylation is 2. The molecular weight excluding hydrogens is 487 g/mol. The van der Waals surface area contributed by atoms with E-state index < -0.39 is 15.8 Å². The van der Waals surface area contributed by atoms with Crippen LogP contribution in [0.2, 0.25) is 5.02 Å². The molecule has 4 rings (SSSR count). The number of amides is 1. The molecule has 0 N–H and O–H groups in total. The molecule has 1 aliphatic rings. The van der Waals surface area contributed by atoms with Crippen LogP contribution in [0.3, 0.4) is 0 Å². The molecule has 0 bridgehead atoms. The van der Waals surface area contributed by atoms with E-state index in [1.54, 1.807) is 28.8 Å². The van der Waals surface area contributed by atoms with E-state index in [1.807, 2.05) is 6.92 Å². The molecule has 2 aromatic heterocycles. The van der Waals surface area contributed by atoms with Gasteiger partial charge in [-0.3, -0.25) is 9.48 Å². The number of halogens is 2. The van der Waals surface area contributed by atoms with Crippen LogP contribution < -0.4 is 4.74 Å². The van der Waals surface area contributed by atoms with Crippen molar-refractivity contribution in [2.75, 3.05) is 26.2 Å². The van der Waals surface area contributed by atoms with E-state index in [0.29, 0.717) is 18.0 Å². The molecule has 1 saturated heterocycles. The average Bonchev–Trinajstić information content (AvgIpc) is 3.46. The van der Waals surface area contributed by atoms with Gasteiger partial charge < -0.3 is 9.64 Å². The fraction of sp³-hybridized carbons (Fsp3) is 0.381. The van der Waals surface area contributed by atoms with E-state index in [9.17, 15) is 17.6 Å². The second-order valence-corrected chi connectivity index (χ2v) is 10.0. The molecule has 1 aromatic carbocycles. The fourth-order valence-corrected chi connectivity index (χ4v) is 5.36. The first kappa shape index (κ1) is 24.2. The Bertz CT molecular complexity index is 1300. The van der Waals surface area contributed by atoms with Gasteiger partial charge in [-0.2, -0.15) is 14.5 Å². The third kappa shape index (κ3) is 4.93. The number of nitrogens with zero attached hydrogens (tertiary/aromatic N) is 6. The lowest BCUT2D eigenvalue weighted by Gasteiger charge is -2.33. The molecule has 0 unspecified atom stereocenters. The summed E-state index contributed by atoms with van der Waals surface area (Å²) in [5, 5.41) is 8.40. The van der Waals surface area contributed by atoms with Crippen LogP contribution in [0.15, 0.2) is 41.6 Å². The lowest BCUT2D eigenvalue weighted by Crippen LogP contribution is -2.50. The molecule has 3 heterocycles. The van der Waals surface area contributed by atoms with Gasteiger partial charge in [-0.25, -0.2) is 17.5 Å². The third-order valence-electron chi connectivity index (χ3n) is 5.48. The Hall–Kier alpha value is -2.96. The van der Waals surface area contributed by atoms with Gasteiger partial charge in [0.25, 0.3) is 5.91 Å². The largest absolute Gasteiger partial charge is 0.471 e. The maximum atomic E-state index is 13.3. The second kappa shape index (κ2) is 9.72. The highest BCUT2D eigenvalue weighted by Gasteiger charge is 2.33. The van der Waals surface area contributed by atoms with Crippen LogP contribution in [0.5, 0.6) is 5.75 Å². The average molecular weight is 511 g/mol. The molecule has 13 heteroatoms. The maximum Gasteiger partial charge on any atom is 0.274 e. The standard InChI is InChI=1S/C21H24ClFN6O4S/c1-3-27-13-20(15(2)24-27)34(31,32)29-10-8-26(9-11-29)21(30)19-6-7-28(25-19)14-33-16-4-5-18(23)17(22)12-16/h4-7,12-13H,3,8-11,14H2,1-2H3. The van der Waals surface area contributed by atoms with E-state index in [0.717, 1.165) is 0 Å². The van der Waals surface area contributed by atoms with E-state index in [1.165, 1.54) is 33.4 Å². The molecule has 0 spiro atoms. The van der Waals surface area contributed by atoms with Crippen LogP contribution in [0.25, 0.3) is 0 Å². The minimum atomic E-state index is -3.69. The summed E-state index contributed by atoms with van der Waals surface area (Å²) in [7, 11) is -3.69. The first-order valence-electron chi connectivity index (χ1n) is 10.6. The van der Waals surface area contributed by atoms with Gasteiger partial charge in [0.2, 0.25) is 10.0 Å². The molecule has 182 valence electrons. The van der Waals surface area contributed by atoms with Crippen molar-refractivity contribution in [2.45, 2.75) is 32.0 Å². The Morgan fingerprint density at radius 2 is 1.88 bits per heavy atom. The number of benzene rings is 1. The second-order valence-electron chi connectivity index (χ2n) is 7.72. The number of rotatable bonds is 7. The van der Waals surface area contributed by atoms with Gasteiger partial charge in [0.15, 0.2) is 12.4 Å². The van der Waals surface area contributed by atoms with Gasteiger partial charge in [-0.15, -0.1) is 0 Å². The summed E-state index contributed by atoms with van der Waals surface area (Å²) in [6.45, 7) is 5.00. The van der Waals surface area contributed by atoms with Gasteiger partial charge in [-0.1, -0.05) is 11.6 Å². The van der Waals surface area contributed by atoms with Crippen molar-refractivity contribution in [1.29, 1.82) is 0 Å². The minimum absolute atomic E-state index is 0.00601. The van der Waals surface area contributed by atoms with Crippen molar-refractivity contribution in [3.05, 3.63) is 58.9 Å². The maximum absolute atomic E-state index is 13.3. The molecule has 1 aliphatic heterocycles. The van der Waals surface area contributed by atoms with Gasteiger partial charge in [0.1, 0.15) is 16.5 Å². The van der Waals surface area contributed by atoms with Crippen molar-refractivity contribution in [3.63, 3.8) is 0 Å². The van der Waals surface area contributed by atoms with Crippen molar-refractivity contribution < 1.29 is 22.3 Å². The lowest BCUT2D eigenvalue weighted by molar-refractivity contribution is 0.0690. The molecule has 0 radical (unpaired) electrons. The zero-order chi connectivity index (χ0) is 24.5. The molecule has 10 nitrogen and oxygen atoms in total. The van der Waals surface area contributed by atoms with Crippen molar-refractivity contribution >= 4 is 27.5 Å². The molecule has 0 saturated carbocycles. The molecule has 1 amide bonds. The summed E-state index contributed by atoms with van der Waals surface area (Å²) in [4.78, 5) is 14.6. The molecule has 0 atom stereocenters. The number of sulfonamides is 1. The normalized spacial score (nSPS) is 15.0. The number of hydrogen-bond acceptors (Lipinski definition) is 6. The molecular formula is C21H24ClFN6O4S. The monoisotopic (exact) mass is 510 g/mol. The highest BCUT2D eigenvalue weighted by atomic mass is 35.5. The Balaban J connectivity index is 1.35. The van der Waals surface area contributed by atoms with E-state index in [2.05, 4.69) is 10.2 Å². The van der Waals surface area contributed by atoms with Crippen molar-refractivity contribution in [3.8, 4) is 5.75 Å². The van der Waals surface area contributed by atoms with Crippen LogP contribution in [0, 0.1) is 12.7 Å². The third-order valence-corrected chi connectivity index (χ3v) is 7.77. The summed E-state index contributed by atoms with van der Waals surface area (Å²) >= 11 is 5.74. The van der Waals surface area contributed by atoms with E-state index in [-0.39, 0.29) is 54.4 Å². The first-order valence-corrected chi connectivity index (χ1v) is 12.5. The quantitative estimate of drug-likeness (QED) is 0.483.